The number of fused-ring (bicyclic) bond motifs is 2. The van der Waals surface area contributed by atoms with Gasteiger partial charge in [0.25, 0.3) is 0 Å². The number of halogens is 2. The summed E-state index contributed by atoms with van der Waals surface area (Å²) in [6.07, 6.45) is 5.20. The third kappa shape index (κ3) is 4.84. The molecule has 2 unspecified atom stereocenters. The molecule has 8 heteroatoms. The first-order valence-electron chi connectivity index (χ1n) is 9.30. The number of rotatable bonds is 5. The molecule has 2 bridgehead atoms. The Morgan fingerprint density at radius 1 is 1.22 bits per heavy atom. The number of carbonyl (C=O) groups excluding carboxylic acids is 1. The van der Waals surface area contributed by atoms with Gasteiger partial charge in [-0.2, -0.15) is 4.98 Å². The number of carbonyl (C=O) groups is 1. The average molecular weight is 395 g/mol. The van der Waals surface area contributed by atoms with Crippen LogP contribution in [0.25, 0.3) is 11.4 Å². The second-order valence-corrected chi connectivity index (χ2v) is 7.14. The van der Waals surface area contributed by atoms with Crippen LogP contribution >= 0.6 is 12.4 Å². The highest BCUT2D eigenvalue weighted by Gasteiger charge is 2.30. The van der Waals surface area contributed by atoms with Crippen molar-refractivity contribution in [3.8, 4) is 11.4 Å². The van der Waals surface area contributed by atoms with Crippen LogP contribution < -0.4 is 5.32 Å². The van der Waals surface area contributed by atoms with E-state index in [1.54, 1.807) is 12.1 Å². The van der Waals surface area contributed by atoms with E-state index in [0.29, 0.717) is 48.6 Å². The quantitative estimate of drug-likeness (QED) is 0.844. The molecule has 2 aliphatic heterocycles. The number of benzene rings is 1. The Labute approximate surface area is 163 Å². The number of nitrogens with zero attached hydrogens (tertiary/aromatic N) is 3. The van der Waals surface area contributed by atoms with E-state index in [4.69, 9.17) is 4.52 Å². The summed E-state index contributed by atoms with van der Waals surface area (Å²) >= 11 is 0. The van der Waals surface area contributed by atoms with E-state index in [1.807, 2.05) is 4.90 Å². The number of amides is 1. The number of likely N-dealkylation sites (tertiary alicyclic amines) is 1. The summed E-state index contributed by atoms with van der Waals surface area (Å²) in [5.41, 5.74) is 0.713. The second kappa shape index (κ2) is 8.80. The zero-order chi connectivity index (χ0) is 17.9. The van der Waals surface area contributed by atoms with E-state index in [9.17, 15) is 9.18 Å². The fraction of sp³-hybridized carbons (Fsp3) is 0.526. The molecule has 146 valence electrons. The lowest BCUT2D eigenvalue weighted by molar-refractivity contribution is -0.131. The molecule has 27 heavy (non-hydrogen) atoms. The van der Waals surface area contributed by atoms with Gasteiger partial charge in [-0.3, -0.25) is 4.79 Å². The number of hydrogen-bond donors (Lipinski definition) is 1. The van der Waals surface area contributed by atoms with Crippen LogP contribution in [0.2, 0.25) is 0 Å². The van der Waals surface area contributed by atoms with Crippen molar-refractivity contribution in [1.29, 1.82) is 0 Å². The van der Waals surface area contributed by atoms with Gasteiger partial charge in [0.15, 0.2) is 0 Å². The number of hydrogen-bond acceptors (Lipinski definition) is 5. The molecule has 0 aliphatic carbocycles. The van der Waals surface area contributed by atoms with Gasteiger partial charge in [-0.05, 0) is 49.9 Å². The van der Waals surface area contributed by atoms with Gasteiger partial charge >= 0.3 is 0 Å². The largest absolute Gasteiger partial charge is 0.341 e. The summed E-state index contributed by atoms with van der Waals surface area (Å²) in [7, 11) is 0. The van der Waals surface area contributed by atoms with Crippen LogP contribution in [-0.2, 0) is 11.2 Å². The number of aryl methyl sites for hydroxylation is 1. The molecule has 1 aromatic carbocycles. The third-order valence-corrected chi connectivity index (χ3v) is 5.23. The first kappa shape index (κ1) is 19.8. The Morgan fingerprint density at radius 2 is 2.00 bits per heavy atom. The zero-order valence-electron chi connectivity index (χ0n) is 15.1. The van der Waals surface area contributed by atoms with Crippen molar-refractivity contribution in [2.75, 3.05) is 13.1 Å². The molecule has 2 fully saturated rings. The third-order valence-electron chi connectivity index (χ3n) is 5.23. The standard InChI is InChI=1S/C19H23FN4O2.ClH/c20-14-6-4-13(5-7-14)19-22-17(26-23-19)2-1-3-18(25)24-11-10-15-8-9-16(12-24)21-15;/h4-7,15-16,21H,1-3,8-12H2;1H. The molecule has 0 spiro atoms. The van der Waals surface area contributed by atoms with Gasteiger partial charge in [0.05, 0.1) is 0 Å². The maximum Gasteiger partial charge on any atom is 0.226 e. The van der Waals surface area contributed by atoms with Crippen LogP contribution in [0.1, 0.15) is 38.0 Å². The first-order chi connectivity index (χ1) is 12.7. The summed E-state index contributed by atoms with van der Waals surface area (Å²) < 4.78 is 18.2. The molecule has 0 radical (unpaired) electrons. The van der Waals surface area contributed by atoms with Gasteiger partial charge in [0.2, 0.25) is 17.6 Å². The zero-order valence-corrected chi connectivity index (χ0v) is 15.9. The Bertz CT molecular complexity index is 767. The topological polar surface area (TPSA) is 71.3 Å². The van der Waals surface area contributed by atoms with Crippen molar-refractivity contribution < 1.29 is 13.7 Å². The van der Waals surface area contributed by atoms with Crippen LogP contribution in [0.15, 0.2) is 28.8 Å². The highest BCUT2D eigenvalue weighted by atomic mass is 35.5. The molecule has 1 aromatic heterocycles. The molecule has 2 atom stereocenters. The minimum atomic E-state index is -0.298. The van der Waals surface area contributed by atoms with Crippen LogP contribution in [0.4, 0.5) is 4.39 Å². The molecule has 6 nitrogen and oxygen atoms in total. The Kier molecular flexibility index (Phi) is 6.44. The van der Waals surface area contributed by atoms with Crippen LogP contribution in [0.3, 0.4) is 0 Å². The lowest BCUT2D eigenvalue weighted by Crippen LogP contribution is -2.38. The Hall–Kier alpha value is -1.99. The van der Waals surface area contributed by atoms with Crippen molar-refractivity contribution in [1.82, 2.24) is 20.4 Å². The van der Waals surface area contributed by atoms with Gasteiger partial charge in [-0.15, -0.1) is 12.4 Å². The minimum Gasteiger partial charge on any atom is -0.341 e. The van der Waals surface area contributed by atoms with Crippen molar-refractivity contribution in [2.24, 2.45) is 0 Å². The normalized spacial score (nSPS) is 21.6. The smallest absolute Gasteiger partial charge is 0.226 e. The maximum atomic E-state index is 13.0. The van der Waals surface area contributed by atoms with E-state index in [1.165, 1.54) is 25.0 Å². The van der Waals surface area contributed by atoms with Crippen LogP contribution in [0.5, 0.6) is 0 Å². The molecule has 1 N–H and O–H groups in total. The van der Waals surface area contributed by atoms with Gasteiger partial charge in [-0.25, -0.2) is 4.39 Å². The van der Waals surface area contributed by atoms with Crippen molar-refractivity contribution >= 4 is 18.3 Å². The van der Waals surface area contributed by atoms with Crippen molar-refractivity contribution in [3.05, 3.63) is 36.0 Å². The first-order valence-corrected chi connectivity index (χ1v) is 9.30. The van der Waals surface area contributed by atoms with E-state index >= 15 is 0 Å². The van der Waals surface area contributed by atoms with Crippen molar-refractivity contribution in [3.63, 3.8) is 0 Å². The summed E-state index contributed by atoms with van der Waals surface area (Å²) in [5.74, 6) is 0.861. The van der Waals surface area contributed by atoms with Crippen LogP contribution in [-0.4, -0.2) is 46.1 Å². The van der Waals surface area contributed by atoms with Crippen LogP contribution in [0, 0.1) is 5.82 Å². The number of aromatic nitrogens is 2. The van der Waals surface area contributed by atoms with Gasteiger partial charge < -0.3 is 14.7 Å². The monoisotopic (exact) mass is 394 g/mol. The Balaban J connectivity index is 0.00000210. The molecule has 4 rings (SSSR count). The van der Waals surface area contributed by atoms with Gasteiger partial charge in [-0.1, -0.05) is 5.16 Å². The molecule has 3 heterocycles. The molecule has 2 aliphatic rings. The number of nitrogens with one attached hydrogen (secondary N) is 1. The van der Waals surface area contributed by atoms with E-state index < -0.39 is 0 Å². The van der Waals surface area contributed by atoms with Gasteiger partial charge in [0.1, 0.15) is 5.82 Å². The molecule has 0 saturated carbocycles. The highest BCUT2D eigenvalue weighted by molar-refractivity contribution is 5.85. The molecular formula is C19H24ClFN4O2. The fourth-order valence-corrected chi connectivity index (χ4v) is 3.79. The van der Waals surface area contributed by atoms with E-state index in [2.05, 4.69) is 15.5 Å². The molecule has 1 amide bonds. The summed E-state index contributed by atoms with van der Waals surface area (Å²) in [4.78, 5) is 18.8. The second-order valence-electron chi connectivity index (χ2n) is 7.14. The SMILES string of the molecule is Cl.O=C(CCCc1nc(-c2ccc(F)cc2)no1)N1CCC2CCC(C1)N2. The Morgan fingerprint density at radius 3 is 2.81 bits per heavy atom. The van der Waals surface area contributed by atoms with E-state index in [0.717, 1.165) is 19.5 Å². The predicted molar refractivity (Wildman–Crippen MR) is 101 cm³/mol. The summed E-state index contributed by atoms with van der Waals surface area (Å²) in [6, 6.07) is 7.02. The summed E-state index contributed by atoms with van der Waals surface area (Å²) in [6.45, 7) is 1.67. The molecular weight excluding hydrogens is 371 g/mol. The molecule has 2 aromatic rings. The van der Waals surface area contributed by atoms with Gasteiger partial charge in [0, 0.05) is 43.6 Å². The lowest BCUT2D eigenvalue weighted by atomic mass is 10.1. The maximum absolute atomic E-state index is 13.0. The molecule has 2 saturated heterocycles. The predicted octanol–water partition coefficient (Wildman–Crippen LogP) is 2.97. The minimum absolute atomic E-state index is 0. The average Bonchev–Trinajstić information content (AvgIpc) is 3.22. The fourth-order valence-electron chi connectivity index (χ4n) is 3.79. The van der Waals surface area contributed by atoms with Crippen molar-refractivity contribution in [2.45, 2.75) is 50.6 Å². The van der Waals surface area contributed by atoms with E-state index in [-0.39, 0.29) is 24.1 Å². The summed E-state index contributed by atoms with van der Waals surface area (Å²) in [5, 5.41) is 7.52. The lowest BCUT2D eigenvalue weighted by Gasteiger charge is -2.24. The highest BCUT2D eigenvalue weighted by Crippen LogP contribution is 2.21.